The van der Waals surface area contributed by atoms with E-state index < -0.39 is 7.60 Å². The molecule has 2 aromatic carbocycles. The number of rotatable bonds is 7. The molecule has 1 aliphatic carbocycles. The molecule has 3 rings (SSSR count). The summed E-state index contributed by atoms with van der Waals surface area (Å²) in [6.45, 7) is 18.3. The predicted octanol–water partition coefficient (Wildman–Crippen LogP) is 7.34. The minimum Gasteiger partial charge on any atom is -0.305 e. The molecule has 0 aromatic heterocycles. The van der Waals surface area contributed by atoms with E-state index in [0.29, 0.717) is 24.4 Å². The lowest BCUT2D eigenvalue weighted by atomic mass is 9.71. The molecule has 0 amide bonds. The first-order chi connectivity index (χ1) is 14.5. The molecule has 31 heavy (non-hydrogen) atoms. The minimum atomic E-state index is -3.25. The molecule has 0 spiro atoms. The van der Waals surface area contributed by atoms with E-state index >= 15 is 0 Å². The molecule has 0 radical (unpaired) electrons. The lowest BCUT2D eigenvalue weighted by Crippen LogP contribution is -2.30. The number of fused-ring (bicyclic) bond motifs is 1. The normalized spacial score (nSPS) is 20.0. The zero-order valence-corrected chi connectivity index (χ0v) is 21.2. The third-order valence-electron chi connectivity index (χ3n) is 7.22. The number of hydrogen-bond acceptors (Lipinski definition) is 3. The van der Waals surface area contributed by atoms with Crippen molar-refractivity contribution in [2.75, 3.05) is 13.2 Å². The summed E-state index contributed by atoms with van der Waals surface area (Å²) >= 11 is 0. The van der Waals surface area contributed by atoms with Crippen LogP contribution in [0.4, 0.5) is 0 Å². The van der Waals surface area contributed by atoms with Gasteiger partial charge in [0.15, 0.2) is 0 Å². The van der Waals surface area contributed by atoms with E-state index in [9.17, 15) is 4.57 Å². The van der Waals surface area contributed by atoms with E-state index in [1.54, 1.807) is 0 Å². The number of benzene rings is 2. The highest BCUT2D eigenvalue weighted by Crippen LogP contribution is 2.54. The first-order valence-corrected chi connectivity index (χ1v) is 12.8. The van der Waals surface area contributed by atoms with E-state index in [1.165, 1.54) is 22.3 Å². The summed E-state index contributed by atoms with van der Waals surface area (Å²) in [4.78, 5) is 0. The molecular weight excluding hydrogens is 403 g/mol. The Balaban J connectivity index is 1.91. The zero-order valence-electron chi connectivity index (χ0n) is 20.3. The van der Waals surface area contributed by atoms with Crippen molar-refractivity contribution in [2.45, 2.75) is 66.2 Å². The van der Waals surface area contributed by atoms with Gasteiger partial charge in [-0.05, 0) is 77.5 Å². The van der Waals surface area contributed by atoms with Gasteiger partial charge in [-0.1, -0.05) is 71.0 Å². The molecule has 0 N–H and O–H groups in total. The SMILES string of the molecule is CCOP(=O)(OCC)c1ccc(C=C(C)c2ccc3c(c2)C(C)(C)C(C)C3(C)C)cc1. The van der Waals surface area contributed by atoms with E-state index in [2.05, 4.69) is 65.8 Å². The van der Waals surface area contributed by atoms with Crippen LogP contribution in [-0.2, 0) is 24.4 Å². The fourth-order valence-corrected chi connectivity index (χ4v) is 6.43. The highest BCUT2D eigenvalue weighted by molar-refractivity contribution is 7.62. The molecule has 0 saturated carbocycles. The molecule has 0 heterocycles. The third kappa shape index (κ3) is 4.33. The second kappa shape index (κ2) is 8.70. The van der Waals surface area contributed by atoms with Gasteiger partial charge in [-0.3, -0.25) is 4.57 Å². The first kappa shape index (κ1) is 24.0. The molecule has 0 saturated heterocycles. The maximum absolute atomic E-state index is 13.0. The van der Waals surface area contributed by atoms with Gasteiger partial charge in [-0.25, -0.2) is 0 Å². The Hall–Kier alpha value is -1.67. The summed E-state index contributed by atoms with van der Waals surface area (Å²) in [5.41, 5.74) is 6.77. The Bertz CT molecular complexity index is 1010. The second-order valence-electron chi connectivity index (χ2n) is 9.68. The van der Waals surface area contributed by atoms with Crippen LogP contribution in [0.2, 0.25) is 0 Å². The number of allylic oxidation sites excluding steroid dienone is 1. The predicted molar refractivity (Wildman–Crippen MR) is 132 cm³/mol. The molecule has 1 unspecified atom stereocenters. The second-order valence-corrected chi connectivity index (χ2v) is 11.7. The molecule has 1 atom stereocenters. The molecule has 0 aliphatic heterocycles. The summed E-state index contributed by atoms with van der Waals surface area (Å²) in [6.07, 6.45) is 2.17. The van der Waals surface area contributed by atoms with Crippen molar-refractivity contribution in [3.63, 3.8) is 0 Å². The van der Waals surface area contributed by atoms with E-state index in [-0.39, 0.29) is 10.8 Å². The molecule has 0 fully saturated rings. The average molecular weight is 441 g/mol. The Kier molecular flexibility index (Phi) is 6.73. The molecule has 1 aliphatic rings. The quantitative estimate of drug-likeness (QED) is 0.334. The van der Waals surface area contributed by atoms with Crippen LogP contribution < -0.4 is 5.30 Å². The first-order valence-electron chi connectivity index (χ1n) is 11.3. The van der Waals surface area contributed by atoms with E-state index in [4.69, 9.17) is 9.05 Å². The molecule has 0 bridgehead atoms. The van der Waals surface area contributed by atoms with Gasteiger partial charge in [-0.2, -0.15) is 0 Å². The number of hydrogen-bond donors (Lipinski definition) is 0. The van der Waals surface area contributed by atoms with Gasteiger partial charge in [0.1, 0.15) is 0 Å². The minimum absolute atomic E-state index is 0.149. The van der Waals surface area contributed by atoms with Gasteiger partial charge >= 0.3 is 7.60 Å². The lowest BCUT2D eigenvalue weighted by molar-refractivity contribution is 0.230. The van der Waals surface area contributed by atoms with Crippen LogP contribution in [0.25, 0.3) is 11.6 Å². The lowest BCUT2D eigenvalue weighted by Gasteiger charge is -2.32. The van der Waals surface area contributed by atoms with Crippen molar-refractivity contribution in [1.82, 2.24) is 0 Å². The van der Waals surface area contributed by atoms with Crippen molar-refractivity contribution in [2.24, 2.45) is 5.92 Å². The van der Waals surface area contributed by atoms with Crippen LogP contribution >= 0.6 is 7.60 Å². The summed E-state index contributed by atoms with van der Waals surface area (Å²) in [7, 11) is -3.25. The van der Waals surface area contributed by atoms with Gasteiger partial charge in [0.2, 0.25) is 0 Å². The van der Waals surface area contributed by atoms with E-state index in [0.717, 1.165) is 5.56 Å². The average Bonchev–Trinajstić information content (AvgIpc) is 2.86. The maximum Gasteiger partial charge on any atom is 0.361 e. The van der Waals surface area contributed by atoms with Crippen LogP contribution in [-0.4, -0.2) is 13.2 Å². The Labute approximate surface area is 188 Å². The van der Waals surface area contributed by atoms with E-state index in [1.807, 2.05) is 38.1 Å². The molecule has 168 valence electrons. The molecule has 4 heteroatoms. The van der Waals surface area contributed by atoms with Crippen LogP contribution in [0.5, 0.6) is 0 Å². The summed E-state index contributed by atoms with van der Waals surface area (Å²) < 4.78 is 23.9. The Morgan fingerprint density at radius 1 is 0.935 bits per heavy atom. The smallest absolute Gasteiger partial charge is 0.305 e. The standard InChI is InChI=1S/C27H37O3P/c1-9-29-31(28,30-10-2)23-14-11-21(12-15-23)17-19(3)22-13-16-24-25(18-22)27(7,8)20(4)26(24,5)6/h11-18,20H,9-10H2,1-8H3. The monoisotopic (exact) mass is 440 g/mol. The Morgan fingerprint density at radius 3 is 2.03 bits per heavy atom. The molecular formula is C27H37O3P. The summed E-state index contributed by atoms with van der Waals surface area (Å²) in [6, 6.07) is 14.6. The van der Waals surface area contributed by atoms with Crippen molar-refractivity contribution in [3.8, 4) is 0 Å². The van der Waals surface area contributed by atoms with Gasteiger partial charge in [0.05, 0.1) is 18.5 Å². The van der Waals surface area contributed by atoms with Crippen molar-refractivity contribution in [3.05, 3.63) is 64.7 Å². The summed E-state index contributed by atoms with van der Waals surface area (Å²) in [5, 5.41) is 0.599. The molecule has 3 nitrogen and oxygen atoms in total. The Morgan fingerprint density at radius 2 is 1.48 bits per heavy atom. The largest absolute Gasteiger partial charge is 0.361 e. The molecule has 2 aromatic rings. The van der Waals surface area contributed by atoms with Gasteiger partial charge < -0.3 is 9.05 Å². The third-order valence-corrected chi connectivity index (χ3v) is 9.35. The van der Waals surface area contributed by atoms with Gasteiger partial charge in [0.25, 0.3) is 0 Å². The topological polar surface area (TPSA) is 35.5 Å². The van der Waals surface area contributed by atoms with Gasteiger partial charge in [0, 0.05) is 0 Å². The van der Waals surface area contributed by atoms with Crippen molar-refractivity contribution >= 4 is 24.5 Å². The van der Waals surface area contributed by atoms with Crippen LogP contribution in [0.1, 0.15) is 77.6 Å². The maximum atomic E-state index is 13.0. The van der Waals surface area contributed by atoms with Gasteiger partial charge in [-0.15, -0.1) is 0 Å². The van der Waals surface area contributed by atoms with Crippen LogP contribution in [0.15, 0.2) is 42.5 Å². The highest BCUT2D eigenvalue weighted by Gasteiger charge is 2.48. The summed E-state index contributed by atoms with van der Waals surface area (Å²) in [5.74, 6) is 0.577. The fraction of sp³-hybridized carbons (Fsp3) is 0.481. The fourth-order valence-electron chi connectivity index (χ4n) is 4.87. The van der Waals surface area contributed by atoms with Crippen LogP contribution in [0.3, 0.4) is 0 Å². The highest BCUT2D eigenvalue weighted by atomic mass is 31.2. The van der Waals surface area contributed by atoms with Crippen molar-refractivity contribution < 1.29 is 13.6 Å². The zero-order chi connectivity index (χ0) is 23.0. The van der Waals surface area contributed by atoms with Crippen LogP contribution in [0, 0.1) is 5.92 Å². The van der Waals surface area contributed by atoms with Crippen molar-refractivity contribution in [1.29, 1.82) is 0 Å².